The van der Waals surface area contributed by atoms with Crippen molar-refractivity contribution >= 4 is 27.8 Å². The highest BCUT2D eigenvalue weighted by Gasteiger charge is 2.39. The maximum absolute atomic E-state index is 12.1. The highest BCUT2D eigenvalue weighted by atomic mass is 32.2. The predicted molar refractivity (Wildman–Crippen MR) is 68.5 cm³/mol. The van der Waals surface area contributed by atoms with E-state index in [4.69, 9.17) is 4.74 Å². The first-order chi connectivity index (χ1) is 7.91. The van der Waals surface area contributed by atoms with E-state index in [1.165, 1.54) is 4.31 Å². The molecule has 1 aliphatic heterocycles. The van der Waals surface area contributed by atoms with Gasteiger partial charge in [0.1, 0.15) is 6.04 Å². The Morgan fingerprint density at radius 1 is 1.53 bits per heavy atom. The SMILES string of the molecule is CCOC(=O)C1CSCCN1S(=O)(=O)C(C)C. The van der Waals surface area contributed by atoms with Crippen LogP contribution in [0, 0.1) is 0 Å². The van der Waals surface area contributed by atoms with Gasteiger partial charge in [0.05, 0.1) is 11.9 Å². The number of carbonyl (C=O) groups is 1. The Labute approximate surface area is 107 Å². The van der Waals surface area contributed by atoms with E-state index in [0.717, 1.165) is 5.75 Å². The summed E-state index contributed by atoms with van der Waals surface area (Å²) in [6.45, 7) is 5.62. The van der Waals surface area contributed by atoms with Gasteiger partial charge in [-0.25, -0.2) is 8.42 Å². The molecule has 0 spiro atoms. The van der Waals surface area contributed by atoms with Crippen molar-refractivity contribution in [1.82, 2.24) is 4.31 Å². The number of sulfonamides is 1. The van der Waals surface area contributed by atoms with Gasteiger partial charge in [-0.2, -0.15) is 16.1 Å². The Bertz CT molecular complexity index is 367. The maximum Gasteiger partial charge on any atom is 0.325 e. The van der Waals surface area contributed by atoms with Crippen molar-refractivity contribution in [3.63, 3.8) is 0 Å². The van der Waals surface area contributed by atoms with E-state index in [1.54, 1.807) is 32.5 Å². The third-order valence-corrected chi connectivity index (χ3v) is 5.87. The predicted octanol–water partition coefficient (Wildman–Crippen LogP) is 0.705. The molecule has 1 heterocycles. The normalized spacial score (nSPS) is 22.7. The van der Waals surface area contributed by atoms with Gasteiger partial charge in [0.15, 0.2) is 0 Å². The molecule has 0 aromatic heterocycles. The standard InChI is InChI=1S/C10H19NO4S2/c1-4-15-10(12)9-7-16-6-5-11(9)17(13,14)8(2)3/h8-9H,4-7H2,1-3H3. The molecule has 1 aliphatic rings. The summed E-state index contributed by atoms with van der Waals surface area (Å²) >= 11 is 1.58. The van der Waals surface area contributed by atoms with E-state index in [1.807, 2.05) is 0 Å². The minimum Gasteiger partial charge on any atom is -0.465 e. The van der Waals surface area contributed by atoms with Crippen LogP contribution in [0.3, 0.4) is 0 Å². The lowest BCUT2D eigenvalue weighted by molar-refractivity contribution is -0.146. The molecule has 0 aliphatic carbocycles. The third kappa shape index (κ3) is 3.35. The Morgan fingerprint density at radius 2 is 2.18 bits per heavy atom. The van der Waals surface area contributed by atoms with Crippen LogP contribution in [0.25, 0.3) is 0 Å². The summed E-state index contributed by atoms with van der Waals surface area (Å²) in [7, 11) is -3.39. The van der Waals surface area contributed by atoms with E-state index in [0.29, 0.717) is 12.3 Å². The fraction of sp³-hybridized carbons (Fsp3) is 0.900. The van der Waals surface area contributed by atoms with E-state index in [9.17, 15) is 13.2 Å². The second-order valence-corrected chi connectivity index (χ2v) is 7.64. The lowest BCUT2D eigenvalue weighted by Crippen LogP contribution is -2.52. The molecule has 0 amide bonds. The minimum atomic E-state index is -3.39. The molecule has 0 radical (unpaired) electrons. The third-order valence-electron chi connectivity index (χ3n) is 2.56. The molecule has 0 aromatic rings. The fourth-order valence-corrected chi connectivity index (χ4v) is 4.23. The van der Waals surface area contributed by atoms with Crippen LogP contribution in [0.4, 0.5) is 0 Å². The molecule has 1 unspecified atom stereocenters. The zero-order valence-corrected chi connectivity index (χ0v) is 12.0. The number of hydrogen-bond acceptors (Lipinski definition) is 5. The molecule has 0 aromatic carbocycles. The average molecular weight is 281 g/mol. The molecule has 1 fully saturated rings. The minimum absolute atomic E-state index is 0.273. The molecule has 1 atom stereocenters. The number of ether oxygens (including phenoxy) is 1. The molecule has 17 heavy (non-hydrogen) atoms. The molecular formula is C10H19NO4S2. The highest BCUT2D eigenvalue weighted by Crippen LogP contribution is 2.23. The van der Waals surface area contributed by atoms with Crippen LogP contribution in [-0.2, 0) is 19.6 Å². The Morgan fingerprint density at radius 3 is 2.71 bits per heavy atom. The van der Waals surface area contributed by atoms with Gasteiger partial charge in [0.25, 0.3) is 0 Å². The monoisotopic (exact) mass is 281 g/mol. The molecule has 100 valence electrons. The summed E-state index contributed by atoms with van der Waals surface area (Å²) in [5.74, 6) is 0.760. The van der Waals surface area contributed by atoms with Crippen LogP contribution in [-0.4, -0.2) is 54.6 Å². The zero-order valence-electron chi connectivity index (χ0n) is 10.4. The van der Waals surface area contributed by atoms with E-state index < -0.39 is 27.3 Å². The maximum atomic E-state index is 12.1. The quantitative estimate of drug-likeness (QED) is 0.710. The van der Waals surface area contributed by atoms with Gasteiger partial charge in [-0.1, -0.05) is 0 Å². The summed E-state index contributed by atoms with van der Waals surface area (Å²) < 4.78 is 30.5. The fourth-order valence-electron chi connectivity index (χ4n) is 1.59. The summed E-state index contributed by atoms with van der Waals surface area (Å²) in [4.78, 5) is 11.7. The second kappa shape index (κ2) is 6.06. The summed E-state index contributed by atoms with van der Waals surface area (Å²) in [6.07, 6.45) is 0. The number of hydrogen-bond donors (Lipinski definition) is 0. The molecule has 0 N–H and O–H groups in total. The first kappa shape index (κ1) is 14.8. The Hall–Kier alpha value is -0.270. The first-order valence-corrected chi connectivity index (χ1v) is 8.32. The number of rotatable bonds is 4. The smallest absolute Gasteiger partial charge is 0.325 e. The molecule has 7 heteroatoms. The molecule has 0 saturated carbocycles. The Kier molecular flexibility index (Phi) is 5.27. The lowest BCUT2D eigenvalue weighted by atomic mass is 10.3. The van der Waals surface area contributed by atoms with Crippen LogP contribution in [0.15, 0.2) is 0 Å². The largest absolute Gasteiger partial charge is 0.465 e. The van der Waals surface area contributed by atoms with Crippen molar-refractivity contribution in [3.8, 4) is 0 Å². The van der Waals surface area contributed by atoms with Gasteiger partial charge in [-0.3, -0.25) is 4.79 Å². The molecule has 5 nitrogen and oxygen atoms in total. The molecular weight excluding hydrogens is 262 g/mol. The van der Waals surface area contributed by atoms with Crippen LogP contribution >= 0.6 is 11.8 Å². The molecule has 1 saturated heterocycles. The van der Waals surface area contributed by atoms with Gasteiger partial charge in [-0.05, 0) is 20.8 Å². The van der Waals surface area contributed by atoms with Crippen molar-refractivity contribution in [2.45, 2.75) is 32.1 Å². The molecule has 0 bridgehead atoms. The van der Waals surface area contributed by atoms with Gasteiger partial charge in [-0.15, -0.1) is 0 Å². The average Bonchev–Trinajstić information content (AvgIpc) is 2.29. The lowest BCUT2D eigenvalue weighted by Gasteiger charge is -2.33. The van der Waals surface area contributed by atoms with Crippen LogP contribution in [0.2, 0.25) is 0 Å². The van der Waals surface area contributed by atoms with Gasteiger partial charge >= 0.3 is 5.97 Å². The van der Waals surface area contributed by atoms with Gasteiger partial charge < -0.3 is 4.74 Å². The van der Waals surface area contributed by atoms with Crippen molar-refractivity contribution < 1.29 is 17.9 Å². The number of esters is 1. The van der Waals surface area contributed by atoms with Gasteiger partial charge in [0.2, 0.25) is 10.0 Å². The number of carbonyl (C=O) groups excluding carboxylic acids is 1. The molecule has 1 rings (SSSR count). The van der Waals surface area contributed by atoms with Gasteiger partial charge in [0, 0.05) is 18.1 Å². The first-order valence-electron chi connectivity index (χ1n) is 5.66. The topological polar surface area (TPSA) is 63.7 Å². The zero-order chi connectivity index (χ0) is 13.1. The van der Waals surface area contributed by atoms with Crippen molar-refractivity contribution in [1.29, 1.82) is 0 Å². The number of nitrogens with zero attached hydrogens (tertiary/aromatic N) is 1. The second-order valence-electron chi connectivity index (χ2n) is 4.05. The number of thioether (sulfide) groups is 1. The highest BCUT2D eigenvalue weighted by molar-refractivity contribution is 7.99. The van der Waals surface area contributed by atoms with Crippen LogP contribution < -0.4 is 0 Å². The van der Waals surface area contributed by atoms with E-state index in [-0.39, 0.29) is 6.61 Å². The summed E-state index contributed by atoms with van der Waals surface area (Å²) in [6, 6.07) is -0.666. The van der Waals surface area contributed by atoms with E-state index in [2.05, 4.69) is 0 Å². The van der Waals surface area contributed by atoms with Crippen molar-refractivity contribution in [3.05, 3.63) is 0 Å². The van der Waals surface area contributed by atoms with Crippen molar-refractivity contribution in [2.24, 2.45) is 0 Å². The van der Waals surface area contributed by atoms with E-state index >= 15 is 0 Å². The summed E-state index contributed by atoms with van der Waals surface area (Å²) in [5.41, 5.74) is 0. The summed E-state index contributed by atoms with van der Waals surface area (Å²) in [5, 5.41) is -0.512. The Balaban J connectivity index is 2.90. The van der Waals surface area contributed by atoms with Crippen molar-refractivity contribution in [2.75, 3.05) is 24.7 Å². The van der Waals surface area contributed by atoms with Crippen LogP contribution in [0.5, 0.6) is 0 Å². The van der Waals surface area contributed by atoms with Crippen LogP contribution in [0.1, 0.15) is 20.8 Å².